The molecule has 2 atom stereocenters. The van der Waals surface area contributed by atoms with Gasteiger partial charge >= 0.3 is 37.2 Å². The summed E-state index contributed by atoms with van der Waals surface area (Å²) in [5.41, 5.74) is 5.75. The number of anilines is 1. The number of aliphatic hydroxyl groups excluding tert-OH is 2. The third-order valence-corrected chi connectivity index (χ3v) is 3.33. The summed E-state index contributed by atoms with van der Waals surface area (Å²) in [6, 6.07) is 0. The molecule has 0 fully saturated rings. The fraction of sp³-hybridized carbons (Fsp3) is 0.400. The van der Waals surface area contributed by atoms with Crippen LogP contribution in [0.3, 0.4) is 0 Å². The molecule has 6 N–H and O–H groups in total. The molecular weight excluding hydrogens is 356 g/mol. The number of hydrogen-bond acceptors (Lipinski definition) is 9. The Morgan fingerprint density at radius 1 is 1.38 bits per heavy atom. The second kappa shape index (κ2) is 8.43. The molecule has 0 amide bonds. The van der Waals surface area contributed by atoms with Gasteiger partial charge in [-0.1, -0.05) is 0 Å². The van der Waals surface area contributed by atoms with E-state index in [1.807, 2.05) is 0 Å². The molecule has 2 aromatic heterocycles. The number of nitrogen functional groups attached to an aromatic ring is 1. The zero-order chi connectivity index (χ0) is 17.2. The van der Waals surface area contributed by atoms with E-state index in [1.165, 1.54) is 0 Å². The number of aliphatic hydroxyl groups is 2. The quantitative estimate of drug-likeness (QED) is 0.261. The molecule has 0 aliphatic heterocycles. The minimum atomic E-state index is -4.52. The van der Waals surface area contributed by atoms with E-state index in [0.29, 0.717) is 0 Å². The van der Waals surface area contributed by atoms with Crippen LogP contribution in [0.1, 0.15) is 4.79 Å². The second-order valence-corrected chi connectivity index (χ2v) is 6.10. The van der Waals surface area contributed by atoms with Crippen LogP contribution >= 0.6 is 7.60 Å². The molecular formula is C10H15N5NaO7P. The van der Waals surface area contributed by atoms with Crippen molar-refractivity contribution in [1.82, 2.24) is 19.5 Å². The zero-order valence-corrected chi connectivity index (χ0v) is 12.4. The number of nitrogens with two attached hydrogens (primary N) is 1. The van der Waals surface area contributed by atoms with Crippen molar-refractivity contribution in [3.8, 4) is 0 Å². The Labute approximate surface area is 157 Å². The van der Waals surface area contributed by atoms with Gasteiger partial charge in [0.05, 0.1) is 6.61 Å². The van der Waals surface area contributed by atoms with Crippen molar-refractivity contribution in [3.05, 3.63) is 12.7 Å². The molecule has 24 heavy (non-hydrogen) atoms. The van der Waals surface area contributed by atoms with Crippen LogP contribution in [0.4, 0.5) is 5.82 Å². The first-order valence-corrected chi connectivity index (χ1v) is 7.97. The van der Waals surface area contributed by atoms with Crippen LogP contribution in [0.2, 0.25) is 0 Å². The maximum atomic E-state index is 12.2. The van der Waals surface area contributed by atoms with Crippen molar-refractivity contribution < 1.29 is 34.1 Å². The van der Waals surface area contributed by atoms with E-state index in [2.05, 4.69) is 15.0 Å². The van der Waals surface area contributed by atoms with Crippen molar-refractivity contribution in [2.45, 2.75) is 12.2 Å². The molecule has 2 aromatic rings. The summed E-state index contributed by atoms with van der Waals surface area (Å²) >= 11 is 0. The van der Waals surface area contributed by atoms with E-state index in [4.69, 9.17) is 25.4 Å². The number of imidazole rings is 1. The molecule has 0 bridgehead atoms. The van der Waals surface area contributed by atoms with Crippen molar-refractivity contribution in [2.24, 2.45) is 0 Å². The first-order chi connectivity index (χ1) is 10.7. The van der Waals surface area contributed by atoms with Crippen LogP contribution in [-0.2, 0) is 9.30 Å². The summed E-state index contributed by atoms with van der Waals surface area (Å²) in [6.07, 6.45) is -2.34. The Balaban J connectivity index is 0.00000288. The van der Waals surface area contributed by atoms with Crippen LogP contribution in [0.15, 0.2) is 12.7 Å². The van der Waals surface area contributed by atoms with Crippen LogP contribution in [0.25, 0.3) is 11.2 Å². The molecule has 14 heteroatoms. The Hall–Kier alpha value is -0.950. The van der Waals surface area contributed by atoms with E-state index < -0.39 is 38.7 Å². The number of aromatic nitrogens is 4. The van der Waals surface area contributed by atoms with Crippen LogP contribution in [0, 0.1) is 0 Å². The number of ether oxygens (including phenoxy) is 1. The third kappa shape index (κ3) is 4.79. The predicted molar refractivity (Wildman–Crippen MR) is 82.4 cm³/mol. The number of carbonyl (C=O) groups excluding carboxylic acids is 1. The van der Waals surface area contributed by atoms with Crippen molar-refractivity contribution >= 4 is 60.0 Å². The molecule has 2 rings (SSSR count). The van der Waals surface area contributed by atoms with E-state index in [0.717, 1.165) is 17.2 Å². The summed E-state index contributed by atoms with van der Waals surface area (Å²) in [5.74, 6) is -0.928. The van der Waals surface area contributed by atoms with Gasteiger partial charge in [-0.2, -0.15) is 0 Å². The Kier molecular flexibility index (Phi) is 7.41. The SMILES string of the molecule is Nc1ncnc2c1ncn2C(=O)[C@H](O)[C@H](CO)OCP(=O)(O)O.[NaH]. The van der Waals surface area contributed by atoms with Crippen LogP contribution in [-0.4, -0.2) is 100 Å². The van der Waals surface area contributed by atoms with Crippen molar-refractivity contribution in [3.63, 3.8) is 0 Å². The van der Waals surface area contributed by atoms with Gasteiger partial charge in [0.1, 0.15) is 25.1 Å². The summed E-state index contributed by atoms with van der Waals surface area (Å²) in [5, 5.41) is 19.1. The number of fused-ring (bicyclic) bond motifs is 1. The molecule has 2 heterocycles. The average molecular weight is 371 g/mol. The van der Waals surface area contributed by atoms with E-state index in [1.54, 1.807) is 0 Å². The molecule has 0 aliphatic carbocycles. The van der Waals surface area contributed by atoms with Gasteiger partial charge in [-0.25, -0.2) is 15.0 Å². The van der Waals surface area contributed by atoms with Gasteiger partial charge in [-0.3, -0.25) is 13.9 Å². The summed E-state index contributed by atoms with van der Waals surface area (Å²) in [4.78, 5) is 41.1. The fourth-order valence-electron chi connectivity index (χ4n) is 1.75. The van der Waals surface area contributed by atoms with Crippen molar-refractivity contribution in [2.75, 3.05) is 18.7 Å². The standard InChI is InChI=1S/C10H14N5O7P.Na.H/c11-8-6-9(13-2-12-8)15(3-14-6)10(18)7(17)5(1-16)22-4-23(19,20)21;;/h2-3,5,7,16-17H,1,4H2,(H2,11,12,13)(H2,19,20,21);;/t5-,7+;;/m0../s1. The molecule has 0 saturated carbocycles. The Morgan fingerprint density at radius 2 is 2.04 bits per heavy atom. The molecule has 0 radical (unpaired) electrons. The molecule has 0 aliphatic rings. The fourth-order valence-corrected chi connectivity index (χ4v) is 2.14. The first kappa shape index (κ1) is 21.1. The van der Waals surface area contributed by atoms with Crippen molar-refractivity contribution in [1.29, 1.82) is 0 Å². The molecule has 0 spiro atoms. The zero-order valence-electron chi connectivity index (χ0n) is 11.6. The van der Waals surface area contributed by atoms with Gasteiger partial charge in [-0.05, 0) is 0 Å². The van der Waals surface area contributed by atoms with Crippen LogP contribution < -0.4 is 5.73 Å². The van der Waals surface area contributed by atoms with Crippen LogP contribution in [0.5, 0.6) is 0 Å². The number of rotatable bonds is 6. The van der Waals surface area contributed by atoms with E-state index >= 15 is 0 Å². The number of carbonyl (C=O) groups is 1. The monoisotopic (exact) mass is 371 g/mol. The first-order valence-electron chi connectivity index (χ1n) is 6.17. The molecule has 12 nitrogen and oxygen atoms in total. The molecule has 128 valence electrons. The molecule has 0 aromatic carbocycles. The molecule has 0 saturated heterocycles. The van der Waals surface area contributed by atoms with Gasteiger partial charge in [0, 0.05) is 0 Å². The van der Waals surface area contributed by atoms with Gasteiger partial charge in [-0.15, -0.1) is 0 Å². The molecule has 0 unspecified atom stereocenters. The van der Waals surface area contributed by atoms with E-state index in [9.17, 15) is 14.5 Å². The van der Waals surface area contributed by atoms with Gasteiger partial charge in [0.2, 0.25) is 0 Å². The van der Waals surface area contributed by atoms with Gasteiger partial charge < -0.3 is 30.5 Å². The summed E-state index contributed by atoms with van der Waals surface area (Å²) in [7, 11) is -4.52. The Morgan fingerprint density at radius 3 is 2.62 bits per heavy atom. The number of nitrogens with zero attached hydrogens (tertiary/aromatic N) is 4. The summed E-state index contributed by atoms with van der Waals surface area (Å²) < 4.78 is 16.3. The second-order valence-electron chi connectivity index (χ2n) is 4.51. The third-order valence-electron chi connectivity index (χ3n) is 2.84. The van der Waals surface area contributed by atoms with E-state index in [-0.39, 0.29) is 46.5 Å². The summed E-state index contributed by atoms with van der Waals surface area (Å²) in [6.45, 7) is -0.837. The Bertz CT molecular complexity index is 765. The van der Waals surface area contributed by atoms with Gasteiger partial charge in [0.15, 0.2) is 23.1 Å². The predicted octanol–water partition coefficient (Wildman–Crippen LogP) is -2.73. The average Bonchev–Trinajstić information content (AvgIpc) is 2.91. The topological polar surface area (TPSA) is 194 Å². The normalized spacial score (nSPS) is 14.2. The van der Waals surface area contributed by atoms with Gasteiger partial charge in [0.25, 0.3) is 5.91 Å². The maximum absolute atomic E-state index is 12.2. The number of hydrogen-bond donors (Lipinski definition) is 5. The minimum absolute atomic E-state index is 0.